The summed E-state index contributed by atoms with van der Waals surface area (Å²) >= 11 is 0. The Bertz CT molecular complexity index is 1340. The topological polar surface area (TPSA) is 62.7 Å². The van der Waals surface area contributed by atoms with Gasteiger partial charge in [0.25, 0.3) is 5.91 Å². The van der Waals surface area contributed by atoms with Gasteiger partial charge in [0.05, 0.1) is 23.1 Å². The number of rotatable bonds is 2. The number of aromatic nitrogens is 1. The van der Waals surface area contributed by atoms with Gasteiger partial charge in [-0.3, -0.25) is 19.5 Å². The van der Waals surface area contributed by atoms with Crippen LogP contribution in [0.5, 0.6) is 5.75 Å². The Hall–Kier alpha value is -3.25. The Morgan fingerprint density at radius 1 is 1.11 bits per heavy atom. The number of aryl methyl sites for hydroxylation is 1. The molecule has 4 heterocycles. The molecular formula is C29H31N3O3. The highest BCUT2D eigenvalue weighted by Crippen LogP contribution is 2.40. The number of ketones is 1. The zero-order chi connectivity index (χ0) is 24.2. The third-order valence-corrected chi connectivity index (χ3v) is 7.99. The number of hydrogen-bond acceptors (Lipinski definition) is 5. The monoisotopic (exact) mass is 469 g/mol. The molecule has 0 atom stereocenters. The van der Waals surface area contributed by atoms with Crippen LogP contribution in [-0.2, 0) is 13.0 Å². The number of para-hydroxylation sites is 1. The van der Waals surface area contributed by atoms with Gasteiger partial charge in [-0.15, -0.1) is 0 Å². The molecule has 3 aliphatic heterocycles. The van der Waals surface area contributed by atoms with Crippen LogP contribution < -0.4 is 4.74 Å². The zero-order valence-electron chi connectivity index (χ0n) is 20.5. The van der Waals surface area contributed by atoms with Crippen molar-refractivity contribution in [1.29, 1.82) is 0 Å². The maximum atomic E-state index is 14.0. The fourth-order valence-electron chi connectivity index (χ4n) is 5.92. The summed E-state index contributed by atoms with van der Waals surface area (Å²) in [4.78, 5) is 36.2. The molecule has 180 valence electrons. The lowest BCUT2D eigenvalue weighted by molar-refractivity contribution is -0.00573. The van der Waals surface area contributed by atoms with Gasteiger partial charge in [0.1, 0.15) is 11.4 Å². The van der Waals surface area contributed by atoms with Crippen molar-refractivity contribution in [2.75, 3.05) is 26.2 Å². The van der Waals surface area contributed by atoms with Crippen LogP contribution in [0, 0.1) is 6.92 Å². The van der Waals surface area contributed by atoms with Crippen molar-refractivity contribution >= 4 is 22.6 Å². The molecule has 0 bridgehead atoms. The van der Waals surface area contributed by atoms with E-state index in [1.54, 1.807) is 0 Å². The largest absolute Gasteiger partial charge is 0.486 e. The summed E-state index contributed by atoms with van der Waals surface area (Å²) in [5, 5.41) is 0.933. The summed E-state index contributed by atoms with van der Waals surface area (Å²) in [6, 6.07) is 13.8. The first-order valence-corrected chi connectivity index (χ1v) is 12.7. The van der Waals surface area contributed by atoms with E-state index in [1.807, 2.05) is 54.3 Å². The van der Waals surface area contributed by atoms with Crippen molar-refractivity contribution in [3.63, 3.8) is 0 Å². The number of carbonyl (C=O) groups excluding carboxylic acids is 2. The first-order chi connectivity index (χ1) is 17.0. The number of likely N-dealkylation sites (tertiary alicyclic amines) is 1. The van der Waals surface area contributed by atoms with Crippen LogP contribution in [0.3, 0.4) is 0 Å². The molecule has 1 aromatic heterocycles. The number of pyridine rings is 1. The maximum Gasteiger partial charge on any atom is 0.254 e. The summed E-state index contributed by atoms with van der Waals surface area (Å²) in [7, 11) is 0. The van der Waals surface area contributed by atoms with Gasteiger partial charge < -0.3 is 9.64 Å². The second kappa shape index (κ2) is 8.45. The molecule has 1 saturated heterocycles. The number of ether oxygens (including phenoxy) is 1. The number of Topliss-reactive ketones (excluding diaryl/α,β-unsaturated/α-hetero) is 1. The quantitative estimate of drug-likeness (QED) is 0.551. The molecule has 6 rings (SSSR count). The zero-order valence-corrected chi connectivity index (χ0v) is 20.5. The fourth-order valence-corrected chi connectivity index (χ4v) is 5.92. The number of piperidine rings is 1. The van der Waals surface area contributed by atoms with Gasteiger partial charge in [0.2, 0.25) is 0 Å². The molecule has 0 N–H and O–H groups in total. The van der Waals surface area contributed by atoms with E-state index in [0.717, 1.165) is 59.3 Å². The van der Waals surface area contributed by atoms with E-state index in [4.69, 9.17) is 9.72 Å². The van der Waals surface area contributed by atoms with Crippen LogP contribution >= 0.6 is 0 Å². The molecule has 2 aromatic carbocycles. The minimum absolute atomic E-state index is 0.0748. The number of carbonyl (C=O) groups is 2. The minimum Gasteiger partial charge on any atom is -0.486 e. The van der Waals surface area contributed by atoms with Crippen molar-refractivity contribution in [2.24, 2.45) is 0 Å². The number of fused-ring (bicyclic) bond motifs is 3. The van der Waals surface area contributed by atoms with E-state index in [1.165, 1.54) is 0 Å². The lowest BCUT2D eigenvalue weighted by Crippen LogP contribution is -2.52. The summed E-state index contributed by atoms with van der Waals surface area (Å²) in [6.45, 7) is 8.00. The van der Waals surface area contributed by atoms with Gasteiger partial charge in [-0.25, -0.2) is 0 Å². The van der Waals surface area contributed by atoms with Gasteiger partial charge in [-0.2, -0.15) is 0 Å². The van der Waals surface area contributed by atoms with Crippen molar-refractivity contribution in [2.45, 2.75) is 51.7 Å². The highest BCUT2D eigenvalue weighted by Gasteiger charge is 2.44. The first-order valence-electron chi connectivity index (χ1n) is 12.7. The van der Waals surface area contributed by atoms with E-state index < -0.39 is 5.60 Å². The molecule has 3 aliphatic rings. The molecule has 1 fully saturated rings. The summed E-state index contributed by atoms with van der Waals surface area (Å²) < 4.78 is 6.43. The smallest absolute Gasteiger partial charge is 0.254 e. The molecule has 1 amide bonds. The summed E-state index contributed by atoms with van der Waals surface area (Å²) in [6.07, 6.45) is 2.56. The van der Waals surface area contributed by atoms with Crippen molar-refractivity contribution in [1.82, 2.24) is 14.8 Å². The number of likely N-dealkylation sites (N-methyl/N-ethyl adjacent to an activating group) is 1. The van der Waals surface area contributed by atoms with E-state index in [0.29, 0.717) is 43.7 Å². The number of benzene rings is 2. The maximum absolute atomic E-state index is 14.0. The second-order valence-electron chi connectivity index (χ2n) is 10.2. The molecule has 0 aliphatic carbocycles. The molecule has 6 heteroatoms. The second-order valence-corrected chi connectivity index (χ2v) is 10.2. The van der Waals surface area contributed by atoms with Gasteiger partial charge in [0, 0.05) is 62.1 Å². The summed E-state index contributed by atoms with van der Waals surface area (Å²) in [5.41, 5.74) is 5.06. The van der Waals surface area contributed by atoms with Crippen LogP contribution in [0.15, 0.2) is 42.5 Å². The Balaban J connectivity index is 1.29. The summed E-state index contributed by atoms with van der Waals surface area (Å²) in [5.74, 6) is 0.898. The lowest BCUT2D eigenvalue weighted by atomic mass is 9.82. The Morgan fingerprint density at radius 2 is 1.91 bits per heavy atom. The van der Waals surface area contributed by atoms with Crippen LogP contribution in [0.1, 0.15) is 63.7 Å². The van der Waals surface area contributed by atoms with Crippen LogP contribution in [0.4, 0.5) is 0 Å². The third-order valence-electron chi connectivity index (χ3n) is 7.99. The van der Waals surface area contributed by atoms with Gasteiger partial charge in [-0.05, 0) is 31.7 Å². The van der Waals surface area contributed by atoms with E-state index in [2.05, 4.69) is 11.8 Å². The number of nitrogens with zero attached hydrogens (tertiary/aromatic N) is 3. The predicted octanol–water partition coefficient (Wildman–Crippen LogP) is 4.56. The average molecular weight is 470 g/mol. The molecule has 1 spiro atoms. The first kappa shape index (κ1) is 22.2. The molecular weight excluding hydrogens is 438 g/mol. The average Bonchev–Trinajstić information content (AvgIpc) is 2.87. The Kier molecular flexibility index (Phi) is 5.37. The Morgan fingerprint density at radius 3 is 2.71 bits per heavy atom. The van der Waals surface area contributed by atoms with Gasteiger partial charge in [-0.1, -0.05) is 36.8 Å². The predicted molar refractivity (Wildman–Crippen MR) is 135 cm³/mol. The minimum atomic E-state index is -0.519. The molecule has 0 saturated carbocycles. The van der Waals surface area contributed by atoms with Gasteiger partial charge >= 0.3 is 0 Å². The highest BCUT2D eigenvalue weighted by atomic mass is 16.5. The highest BCUT2D eigenvalue weighted by molar-refractivity contribution is 6.08. The Labute approximate surface area is 205 Å². The standard InChI is InChI=1S/C29H31N3O3/c1-3-31-13-10-24-22(18-31)27(20-6-4-5-7-23(20)30-24)28(34)32-14-11-29(12-15-32)17-25(33)21-16-19(2)8-9-26(21)35-29/h4-9,16H,3,10-15,17-18H2,1-2H3. The lowest BCUT2D eigenvalue weighted by Gasteiger charge is -2.44. The van der Waals surface area contributed by atoms with Crippen LogP contribution in [-0.4, -0.2) is 58.3 Å². The van der Waals surface area contributed by atoms with E-state index in [9.17, 15) is 9.59 Å². The van der Waals surface area contributed by atoms with E-state index >= 15 is 0 Å². The molecule has 3 aromatic rings. The molecule has 0 unspecified atom stereocenters. The molecule has 6 nitrogen and oxygen atoms in total. The number of hydrogen-bond donors (Lipinski definition) is 0. The van der Waals surface area contributed by atoms with Crippen LogP contribution in [0.25, 0.3) is 10.9 Å². The fraction of sp³-hybridized carbons (Fsp3) is 0.414. The molecule has 35 heavy (non-hydrogen) atoms. The van der Waals surface area contributed by atoms with Crippen LogP contribution in [0.2, 0.25) is 0 Å². The van der Waals surface area contributed by atoms with Crippen molar-refractivity contribution in [3.05, 3.63) is 70.4 Å². The SMILES string of the molecule is CCN1CCc2nc3ccccc3c(C(=O)N3CCC4(CC3)CC(=O)c3cc(C)ccc3O4)c2C1. The van der Waals surface area contributed by atoms with Crippen molar-refractivity contribution < 1.29 is 14.3 Å². The van der Waals surface area contributed by atoms with Crippen molar-refractivity contribution in [3.8, 4) is 5.75 Å². The van der Waals surface area contributed by atoms with E-state index in [-0.39, 0.29) is 11.7 Å². The number of amides is 1. The van der Waals surface area contributed by atoms with Gasteiger partial charge in [0.15, 0.2) is 5.78 Å². The molecule has 0 radical (unpaired) electrons. The third kappa shape index (κ3) is 3.80. The normalized spacial score (nSPS) is 19.4.